The van der Waals surface area contributed by atoms with Crippen molar-refractivity contribution in [3.05, 3.63) is 140 Å². The molecule has 2 aliphatic heterocycles. The maximum atomic E-state index is 16.9. The molecule has 7 aromatic rings. The maximum Gasteiger partial charge on any atom is 0.185 e. The van der Waals surface area contributed by atoms with E-state index in [-0.39, 0.29) is 0 Å². The highest BCUT2D eigenvalue weighted by atomic mass is 19.2. The lowest BCUT2D eigenvalue weighted by atomic mass is 9.98. The maximum absolute atomic E-state index is 16.9. The first kappa shape index (κ1) is 64.0. The van der Waals surface area contributed by atoms with E-state index in [0.717, 1.165) is 24.3 Å². The molecule has 0 aliphatic carbocycles. The minimum Gasteiger partial charge on any atom is -0.394 e. The van der Waals surface area contributed by atoms with Gasteiger partial charge in [0.1, 0.15) is 22.7 Å². The number of anilines is 4. The topological polar surface area (TPSA) is 267 Å². The Morgan fingerprint density at radius 3 is 0.716 bits per heavy atom. The molecule has 14 N–H and O–H groups in total. The molecule has 468 valence electrons. The number of halogens is 16. The summed E-state index contributed by atoms with van der Waals surface area (Å²) >= 11 is 0. The molecule has 0 unspecified atom stereocenters. The van der Waals surface area contributed by atoms with Crippen molar-refractivity contribution in [2.45, 2.75) is 37.0 Å². The number of aryl methyl sites for hydroxylation is 2. The number of nitrogens with one attached hydrogen (secondary N) is 6. The molecular formula is C56H44F16N8O8. The molecule has 32 heteroatoms. The van der Waals surface area contributed by atoms with E-state index in [1.165, 1.54) is 0 Å². The standard InChI is InChI=1S/C56H44F16N8O8/c57-37-33(38(58)46(66)53(45(37)65)73-17(9-81)10-82)29-21-1-2-22(77-21)30(34-39(59)47(67)54(48(68)40(34)60)74-18(11-83)12-84)24-5-6-26(79-24)32(36-43(63)51(71)56(52(72)44(36)64)76-20(15-87)16-88)28-8-7-27(80-28)31(25-4-3-23(29)78-25)35-41(61)49(69)55(50(70)42(35)62)75-19(13-85)14-86/h1-6,17-20,73-76,78-79,81-88H,7-16H2. The van der Waals surface area contributed by atoms with Crippen LogP contribution in [0.25, 0.3) is 78.7 Å². The number of aromatic nitrogens is 4. The molecular weight excluding hydrogens is 1220 g/mol. The quantitative estimate of drug-likeness (QED) is 0.0253. The largest absolute Gasteiger partial charge is 0.394 e. The molecule has 2 aliphatic rings. The summed E-state index contributed by atoms with van der Waals surface area (Å²) in [6.45, 7) is -8.64. The zero-order valence-corrected chi connectivity index (χ0v) is 44.4. The number of rotatable bonds is 20. The fraction of sp³-hybridized carbons (Fsp3) is 0.250. The van der Waals surface area contributed by atoms with Gasteiger partial charge >= 0.3 is 0 Å². The molecule has 0 saturated heterocycles. The summed E-state index contributed by atoms with van der Waals surface area (Å²) in [7, 11) is 0. The molecule has 16 nitrogen and oxygen atoms in total. The summed E-state index contributed by atoms with van der Waals surface area (Å²) < 4.78 is 266. The summed E-state index contributed by atoms with van der Waals surface area (Å²) in [5.41, 5.74) is -24.8. The number of aliphatic hydroxyl groups is 8. The van der Waals surface area contributed by atoms with Gasteiger partial charge in [-0.3, -0.25) is 4.98 Å². The van der Waals surface area contributed by atoms with Crippen LogP contribution in [0.2, 0.25) is 0 Å². The fourth-order valence-electron chi connectivity index (χ4n) is 9.88. The second-order valence-corrected chi connectivity index (χ2v) is 19.6. The lowest BCUT2D eigenvalue weighted by molar-refractivity contribution is 0.203. The predicted octanol–water partition coefficient (Wildman–Crippen LogP) is 8.22. The van der Waals surface area contributed by atoms with E-state index in [1.807, 2.05) is 21.3 Å². The van der Waals surface area contributed by atoms with Gasteiger partial charge in [0.25, 0.3) is 0 Å². The summed E-state index contributed by atoms with van der Waals surface area (Å²) in [5, 5.41) is 84.4. The molecule has 0 radical (unpaired) electrons. The van der Waals surface area contributed by atoms with Gasteiger partial charge in [-0.15, -0.1) is 0 Å². The van der Waals surface area contributed by atoms with E-state index < -0.39 is 295 Å². The van der Waals surface area contributed by atoms with E-state index in [2.05, 4.69) is 19.9 Å². The van der Waals surface area contributed by atoms with Gasteiger partial charge in [0.15, 0.2) is 93.1 Å². The van der Waals surface area contributed by atoms with Crippen LogP contribution in [0.1, 0.15) is 22.8 Å². The molecule has 9 rings (SSSR count). The van der Waals surface area contributed by atoms with E-state index >= 15 is 70.2 Å². The lowest BCUT2D eigenvalue weighted by Gasteiger charge is -2.19. The first-order valence-corrected chi connectivity index (χ1v) is 25.8. The second-order valence-electron chi connectivity index (χ2n) is 19.6. The Hall–Kier alpha value is -8.50. The van der Waals surface area contributed by atoms with Crippen LogP contribution in [0, 0.1) is 93.1 Å². The predicted molar refractivity (Wildman–Crippen MR) is 285 cm³/mol. The molecule has 3 aromatic heterocycles. The van der Waals surface area contributed by atoms with Gasteiger partial charge in [-0.25, -0.2) is 75.2 Å². The first-order chi connectivity index (χ1) is 42.0. The van der Waals surface area contributed by atoms with E-state index in [4.69, 9.17) is 0 Å². The van der Waals surface area contributed by atoms with Crippen LogP contribution in [0.3, 0.4) is 0 Å². The van der Waals surface area contributed by atoms with Crippen LogP contribution in [0.15, 0.2) is 24.3 Å². The molecule has 5 heterocycles. The number of benzene rings is 4. The van der Waals surface area contributed by atoms with Crippen LogP contribution < -0.4 is 21.3 Å². The van der Waals surface area contributed by atoms with Crippen molar-refractivity contribution >= 4 is 57.0 Å². The zero-order chi connectivity index (χ0) is 64.1. The smallest absolute Gasteiger partial charge is 0.185 e. The van der Waals surface area contributed by atoms with E-state index in [1.54, 1.807) is 0 Å². The average molecular weight is 1260 g/mol. The first-order valence-electron chi connectivity index (χ1n) is 25.8. The van der Waals surface area contributed by atoms with Crippen molar-refractivity contribution in [1.82, 2.24) is 19.9 Å². The number of H-pyrrole nitrogens is 2. The van der Waals surface area contributed by atoms with Crippen LogP contribution in [0.5, 0.6) is 0 Å². The fourth-order valence-corrected chi connectivity index (χ4v) is 9.88. The third kappa shape index (κ3) is 11.0. The van der Waals surface area contributed by atoms with Crippen LogP contribution in [0.4, 0.5) is 93.0 Å². The summed E-state index contributed by atoms with van der Waals surface area (Å²) in [6.07, 6.45) is -0.219. The van der Waals surface area contributed by atoms with Crippen molar-refractivity contribution in [3.63, 3.8) is 0 Å². The minimum atomic E-state index is -2.33. The van der Waals surface area contributed by atoms with E-state index in [0.29, 0.717) is 12.2 Å². The van der Waals surface area contributed by atoms with Gasteiger partial charge in [0, 0.05) is 44.3 Å². The van der Waals surface area contributed by atoms with Gasteiger partial charge in [-0.05, 0) is 49.3 Å². The Kier molecular flexibility index (Phi) is 18.7. The van der Waals surface area contributed by atoms with Gasteiger partial charge in [0.05, 0.1) is 122 Å². The Bertz CT molecular complexity index is 3770. The van der Waals surface area contributed by atoms with Crippen LogP contribution in [-0.2, 0) is 12.8 Å². The molecule has 4 aromatic carbocycles. The van der Waals surface area contributed by atoms with Gasteiger partial charge in [-0.1, -0.05) is 0 Å². The normalized spacial score (nSPS) is 12.5. The third-order valence-corrected chi connectivity index (χ3v) is 14.3. The Morgan fingerprint density at radius 2 is 0.500 bits per heavy atom. The molecule has 8 bridgehead atoms. The summed E-state index contributed by atoms with van der Waals surface area (Å²) in [6, 6.07) is -3.71. The Balaban J connectivity index is 1.53. The third-order valence-electron chi connectivity index (χ3n) is 14.3. The number of nitrogens with zero attached hydrogens (tertiary/aromatic N) is 2. The Labute approximate surface area is 482 Å². The monoisotopic (exact) mass is 1260 g/mol. The number of hydrogen-bond acceptors (Lipinski definition) is 14. The van der Waals surface area contributed by atoms with Crippen LogP contribution >= 0.6 is 0 Å². The SMILES string of the molecule is OCC(CO)Nc1c(F)c(F)c(-c2c3nc(c(-c4c(F)c(F)c(NC(CO)CO)c(F)c4F)c4ccc([nH]4)c(-c4c(F)c(F)c(NC(CO)CO)c(F)c4F)c4nc(c(-c5c(F)c(F)c(NC(CO)CO)c(F)c5F)c5ccc2[nH]5)CC4)C=C3)c(F)c1F. The van der Waals surface area contributed by atoms with Crippen molar-refractivity contribution in [3.8, 4) is 44.5 Å². The molecule has 0 saturated carbocycles. The summed E-state index contributed by atoms with van der Waals surface area (Å²) in [5.74, 6) is -36.6. The summed E-state index contributed by atoms with van der Waals surface area (Å²) in [4.78, 5) is 13.4. The van der Waals surface area contributed by atoms with Gasteiger partial charge < -0.3 is 72.1 Å². The molecule has 0 amide bonds. The Morgan fingerprint density at radius 1 is 0.295 bits per heavy atom. The highest BCUT2D eigenvalue weighted by Crippen LogP contribution is 2.46. The number of aliphatic hydroxyl groups excluding tert-OH is 8. The van der Waals surface area contributed by atoms with Gasteiger partial charge in [0.2, 0.25) is 0 Å². The highest BCUT2D eigenvalue weighted by Gasteiger charge is 2.37. The second kappa shape index (κ2) is 25.7. The van der Waals surface area contributed by atoms with Gasteiger partial charge in [-0.2, -0.15) is 0 Å². The van der Waals surface area contributed by atoms with Crippen LogP contribution in [-0.4, -0.2) is 138 Å². The molecule has 0 spiro atoms. The molecule has 0 fully saturated rings. The van der Waals surface area contributed by atoms with Crippen molar-refractivity contribution in [2.24, 2.45) is 0 Å². The minimum absolute atomic E-state index is 0.697. The van der Waals surface area contributed by atoms with Crippen molar-refractivity contribution < 1.29 is 111 Å². The van der Waals surface area contributed by atoms with Crippen molar-refractivity contribution in [1.29, 1.82) is 0 Å². The zero-order valence-electron chi connectivity index (χ0n) is 44.4. The lowest BCUT2D eigenvalue weighted by Crippen LogP contribution is -2.29. The number of aromatic amines is 2. The number of fused-ring (bicyclic) bond motifs is 8. The average Bonchev–Trinajstić information content (AvgIpc) is 1.60. The number of hydrogen-bond donors (Lipinski definition) is 14. The molecule has 0 atom stereocenters. The highest BCUT2D eigenvalue weighted by molar-refractivity contribution is 5.98. The van der Waals surface area contributed by atoms with Crippen molar-refractivity contribution in [2.75, 3.05) is 74.1 Å². The van der Waals surface area contributed by atoms with E-state index in [9.17, 15) is 40.9 Å². The molecule has 88 heavy (non-hydrogen) atoms.